The van der Waals surface area contributed by atoms with Crippen molar-refractivity contribution in [3.05, 3.63) is 58.1 Å². The molecular formula is C18H21N3O4. The van der Waals surface area contributed by atoms with Gasteiger partial charge in [-0.25, -0.2) is 4.98 Å². The van der Waals surface area contributed by atoms with Crippen molar-refractivity contribution < 1.29 is 14.6 Å². The number of nitrogens with zero attached hydrogens (tertiary/aromatic N) is 2. The normalized spacial score (nSPS) is 20.4. The van der Waals surface area contributed by atoms with Crippen LogP contribution in [-0.4, -0.2) is 33.8 Å². The Morgan fingerprint density at radius 3 is 2.68 bits per heavy atom. The number of rotatable bonds is 5. The van der Waals surface area contributed by atoms with Gasteiger partial charge in [0.2, 0.25) is 11.4 Å². The van der Waals surface area contributed by atoms with Crippen LogP contribution in [0.15, 0.2) is 41.5 Å². The van der Waals surface area contributed by atoms with E-state index in [0.29, 0.717) is 24.3 Å². The summed E-state index contributed by atoms with van der Waals surface area (Å²) in [6.07, 6.45) is 4.12. The van der Waals surface area contributed by atoms with Crippen molar-refractivity contribution >= 4 is 5.91 Å². The summed E-state index contributed by atoms with van der Waals surface area (Å²) >= 11 is 0. The zero-order valence-corrected chi connectivity index (χ0v) is 14.2. The van der Waals surface area contributed by atoms with Gasteiger partial charge in [0.05, 0.1) is 24.8 Å². The second-order valence-corrected chi connectivity index (χ2v) is 6.34. The van der Waals surface area contributed by atoms with Gasteiger partial charge in [-0.3, -0.25) is 9.59 Å². The van der Waals surface area contributed by atoms with E-state index in [1.54, 1.807) is 26.4 Å². The molecule has 2 aromatic heterocycles. The molecule has 1 aliphatic rings. The molecular weight excluding hydrogens is 322 g/mol. The zero-order chi connectivity index (χ0) is 18.0. The van der Waals surface area contributed by atoms with Gasteiger partial charge in [-0.15, -0.1) is 0 Å². The van der Waals surface area contributed by atoms with E-state index in [9.17, 15) is 14.7 Å². The van der Waals surface area contributed by atoms with Crippen molar-refractivity contribution in [2.45, 2.75) is 25.0 Å². The van der Waals surface area contributed by atoms with Gasteiger partial charge >= 0.3 is 0 Å². The molecule has 2 N–H and O–H groups in total. The highest BCUT2D eigenvalue weighted by Crippen LogP contribution is 2.38. The molecule has 1 amide bonds. The van der Waals surface area contributed by atoms with Crippen LogP contribution in [0.1, 0.15) is 34.8 Å². The van der Waals surface area contributed by atoms with Gasteiger partial charge in [-0.05, 0) is 30.4 Å². The molecule has 0 aromatic carbocycles. The minimum Gasteiger partial charge on any atom is -0.481 e. The molecule has 7 heteroatoms. The number of nitrogens with one attached hydrogen (secondary N) is 1. The van der Waals surface area contributed by atoms with Crippen molar-refractivity contribution in [1.29, 1.82) is 0 Å². The minimum atomic E-state index is -0.326. The Morgan fingerprint density at radius 1 is 1.36 bits per heavy atom. The Labute approximate surface area is 145 Å². The van der Waals surface area contributed by atoms with E-state index < -0.39 is 0 Å². The molecule has 132 valence electrons. The van der Waals surface area contributed by atoms with Gasteiger partial charge < -0.3 is 19.7 Å². The van der Waals surface area contributed by atoms with E-state index in [4.69, 9.17) is 4.74 Å². The van der Waals surface area contributed by atoms with E-state index >= 15 is 0 Å². The first-order valence-corrected chi connectivity index (χ1v) is 8.13. The topological polar surface area (TPSA) is 93.5 Å². The van der Waals surface area contributed by atoms with E-state index in [1.807, 2.05) is 6.07 Å². The van der Waals surface area contributed by atoms with Crippen LogP contribution in [0.4, 0.5) is 0 Å². The summed E-state index contributed by atoms with van der Waals surface area (Å²) in [7, 11) is 3.15. The van der Waals surface area contributed by atoms with Crippen LogP contribution in [0.25, 0.3) is 0 Å². The minimum absolute atomic E-state index is 0.140. The molecule has 25 heavy (non-hydrogen) atoms. The van der Waals surface area contributed by atoms with E-state index in [2.05, 4.69) is 10.3 Å². The quantitative estimate of drug-likeness (QED) is 0.846. The first kappa shape index (κ1) is 17.2. The first-order chi connectivity index (χ1) is 12.0. The largest absolute Gasteiger partial charge is 0.481 e. The van der Waals surface area contributed by atoms with Gasteiger partial charge in [0.1, 0.15) is 0 Å². The zero-order valence-electron chi connectivity index (χ0n) is 14.2. The van der Waals surface area contributed by atoms with Crippen LogP contribution in [0.5, 0.6) is 5.88 Å². The monoisotopic (exact) mass is 343 g/mol. The standard InChI is InChI=1S/C18H21N3O4/c1-21-10-12(4-6-16(21)23)18(24)20-17(13-7-14(22)8-13)11-3-5-15(25-2)19-9-11/h3-6,9-10,13-14,17,22H,7-8H2,1-2H3,(H,20,24). The van der Waals surface area contributed by atoms with Gasteiger partial charge in [0.25, 0.3) is 5.91 Å². The number of methoxy groups -OCH3 is 1. The molecule has 0 spiro atoms. The lowest BCUT2D eigenvalue weighted by molar-refractivity contribution is 0.0234. The SMILES string of the molecule is COc1ccc(C(NC(=O)c2ccc(=O)n(C)c2)C2CC(O)C2)cn1. The maximum absolute atomic E-state index is 12.6. The number of hydrogen-bond acceptors (Lipinski definition) is 5. The predicted octanol–water partition coefficient (Wildman–Crippen LogP) is 1.03. The van der Waals surface area contributed by atoms with Crippen LogP contribution in [-0.2, 0) is 7.05 Å². The Morgan fingerprint density at radius 2 is 2.12 bits per heavy atom. The molecule has 0 radical (unpaired) electrons. The van der Waals surface area contributed by atoms with Crippen LogP contribution in [0.3, 0.4) is 0 Å². The smallest absolute Gasteiger partial charge is 0.253 e. The third-order valence-electron chi connectivity index (χ3n) is 4.58. The van der Waals surface area contributed by atoms with E-state index in [0.717, 1.165) is 5.56 Å². The lowest BCUT2D eigenvalue weighted by atomic mass is 9.75. The number of aliphatic hydroxyl groups excluding tert-OH is 1. The summed E-state index contributed by atoms with van der Waals surface area (Å²) in [4.78, 5) is 28.3. The van der Waals surface area contributed by atoms with Gasteiger partial charge in [-0.1, -0.05) is 6.07 Å². The second kappa shape index (κ2) is 7.06. The fourth-order valence-corrected chi connectivity index (χ4v) is 3.02. The van der Waals surface area contributed by atoms with Crippen molar-refractivity contribution in [3.8, 4) is 5.88 Å². The number of hydrogen-bond donors (Lipinski definition) is 2. The number of carbonyl (C=O) groups excluding carboxylic acids is 1. The van der Waals surface area contributed by atoms with Crippen molar-refractivity contribution in [1.82, 2.24) is 14.9 Å². The third-order valence-corrected chi connectivity index (χ3v) is 4.58. The average molecular weight is 343 g/mol. The van der Waals surface area contributed by atoms with Gasteiger partial charge in [0, 0.05) is 31.6 Å². The summed E-state index contributed by atoms with van der Waals surface area (Å²) in [6, 6.07) is 6.23. The Bertz CT molecular complexity index is 810. The number of amides is 1. The Kier molecular flexibility index (Phi) is 4.85. The summed E-state index contributed by atoms with van der Waals surface area (Å²) in [6.45, 7) is 0. The molecule has 7 nitrogen and oxygen atoms in total. The van der Waals surface area contributed by atoms with Crippen LogP contribution < -0.4 is 15.6 Å². The Balaban J connectivity index is 1.82. The number of ether oxygens (including phenoxy) is 1. The lowest BCUT2D eigenvalue weighted by Gasteiger charge is -2.38. The molecule has 0 aliphatic heterocycles. The molecule has 1 fully saturated rings. The molecule has 2 heterocycles. The molecule has 0 bridgehead atoms. The molecule has 0 saturated heterocycles. The summed E-state index contributed by atoms with van der Waals surface area (Å²) in [5.74, 6) is 0.375. The summed E-state index contributed by atoms with van der Waals surface area (Å²) in [5.41, 5.74) is 1.10. The van der Waals surface area contributed by atoms with Crippen molar-refractivity contribution in [2.24, 2.45) is 13.0 Å². The number of aryl methyl sites for hydroxylation is 1. The number of carbonyl (C=O) groups is 1. The maximum atomic E-state index is 12.6. The van der Waals surface area contributed by atoms with Gasteiger partial charge in [0.15, 0.2) is 0 Å². The molecule has 1 unspecified atom stereocenters. The summed E-state index contributed by atoms with van der Waals surface area (Å²) < 4.78 is 6.44. The van der Waals surface area contributed by atoms with Crippen LogP contribution >= 0.6 is 0 Å². The summed E-state index contributed by atoms with van der Waals surface area (Å²) in [5, 5.41) is 12.6. The number of aliphatic hydroxyl groups is 1. The maximum Gasteiger partial charge on any atom is 0.253 e. The average Bonchev–Trinajstić information content (AvgIpc) is 2.59. The highest BCUT2D eigenvalue weighted by atomic mass is 16.5. The Hall–Kier alpha value is -2.67. The predicted molar refractivity (Wildman–Crippen MR) is 91.4 cm³/mol. The lowest BCUT2D eigenvalue weighted by Crippen LogP contribution is -2.41. The van der Waals surface area contributed by atoms with Crippen LogP contribution in [0.2, 0.25) is 0 Å². The second-order valence-electron chi connectivity index (χ2n) is 6.34. The number of aromatic nitrogens is 2. The molecule has 3 rings (SSSR count). The molecule has 1 atom stereocenters. The van der Waals surface area contributed by atoms with Gasteiger partial charge in [-0.2, -0.15) is 0 Å². The fraction of sp³-hybridized carbons (Fsp3) is 0.389. The number of pyridine rings is 2. The third kappa shape index (κ3) is 3.71. The molecule has 1 aliphatic carbocycles. The highest BCUT2D eigenvalue weighted by molar-refractivity contribution is 5.94. The van der Waals surface area contributed by atoms with E-state index in [-0.39, 0.29) is 29.5 Å². The van der Waals surface area contributed by atoms with E-state index in [1.165, 1.54) is 22.9 Å². The van der Waals surface area contributed by atoms with Crippen molar-refractivity contribution in [2.75, 3.05) is 7.11 Å². The highest BCUT2D eigenvalue weighted by Gasteiger charge is 2.36. The molecule has 2 aromatic rings. The molecule has 1 saturated carbocycles. The fourth-order valence-electron chi connectivity index (χ4n) is 3.02. The van der Waals surface area contributed by atoms with Crippen molar-refractivity contribution in [3.63, 3.8) is 0 Å². The van der Waals surface area contributed by atoms with Crippen LogP contribution in [0, 0.1) is 5.92 Å². The first-order valence-electron chi connectivity index (χ1n) is 8.13.